The Morgan fingerprint density at radius 1 is 1.21 bits per heavy atom. The Hall–Kier alpha value is -0.340. The van der Waals surface area contributed by atoms with Crippen molar-refractivity contribution in [2.75, 3.05) is 0 Å². The van der Waals surface area contributed by atoms with Crippen LogP contribution in [0.3, 0.4) is 0 Å². The Balaban J connectivity index is 2.57. The summed E-state index contributed by atoms with van der Waals surface area (Å²) in [7, 11) is 0. The number of epoxide rings is 1. The number of ether oxygens (including phenoxy) is 1. The fourth-order valence-corrected chi connectivity index (χ4v) is 2.89. The molecule has 0 aromatic heterocycles. The third-order valence-electron chi connectivity index (χ3n) is 2.67. The summed E-state index contributed by atoms with van der Waals surface area (Å²) in [5.74, 6) is 0. The number of halogens is 1. The first kappa shape index (κ1) is 10.2. The topological polar surface area (TPSA) is 12.5 Å². The second-order valence-electron chi connectivity index (χ2n) is 4.32. The van der Waals surface area contributed by atoms with Crippen LogP contribution in [0.4, 0.5) is 0 Å². The molecule has 1 heterocycles. The Labute approximate surface area is 93.7 Å². The minimum Gasteiger partial charge on any atom is -0.360 e. The minimum absolute atomic E-state index is 0.317. The van der Waals surface area contributed by atoms with E-state index in [-0.39, 0.29) is 0 Å². The van der Waals surface area contributed by atoms with Gasteiger partial charge in [-0.3, -0.25) is 0 Å². The molecular formula is C12H15BrO. The van der Waals surface area contributed by atoms with Crippen LogP contribution >= 0.6 is 15.9 Å². The van der Waals surface area contributed by atoms with Crippen molar-refractivity contribution in [2.24, 2.45) is 0 Å². The second kappa shape index (κ2) is 3.35. The molecular weight excluding hydrogens is 240 g/mol. The molecule has 0 saturated carbocycles. The molecule has 2 rings (SSSR count). The lowest BCUT2D eigenvalue weighted by atomic mass is 9.89. The lowest BCUT2D eigenvalue weighted by Crippen LogP contribution is -2.09. The van der Waals surface area contributed by atoms with Gasteiger partial charge in [0.15, 0.2) is 0 Å². The zero-order valence-corrected chi connectivity index (χ0v) is 10.6. The molecule has 0 aromatic carbocycles. The first-order valence-corrected chi connectivity index (χ1v) is 5.70. The summed E-state index contributed by atoms with van der Waals surface area (Å²) in [4.78, 5) is 0. The van der Waals surface area contributed by atoms with E-state index in [2.05, 4.69) is 49.7 Å². The van der Waals surface area contributed by atoms with Crippen LogP contribution < -0.4 is 0 Å². The van der Waals surface area contributed by atoms with Gasteiger partial charge in [-0.05, 0) is 44.9 Å². The molecule has 1 saturated heterocycles. The molecule has 0 amide bonds. The highest BCUT2D eigenvalue weighted by Crippen LogP contribution is 2.46. The van der Waals surface area contributed by atoms with Crippen LogP contribution in [0.25, 0.3) is 0 Å². The quantitative estimate of drug-likeness (QED) is 0.601. The molecule has 0 spiro atoms. The van der Waals surface area contributed by atoms with Crippen LogP contribution in [0.15, 0.2) is 32.9 Å². The van der Waals surface area contributed by atoms with E-state index in [4.69, 9.17) is 4.74 Å². The van der Waals surface area contributed by atoms with Gasteiger partial charge in [0.2, 0.25) is 0 Å². The van der Waals surface area contributed by atoms with Crippen molar-refractivity contribution in [3.8, 4) is 0 Å². The van der Waals surface area contributed by atoms with Gasteiger partial charge in [0, 0.05) is 4.48 Å². The third kappa shape index (κ3) is 1.51. The molecule has 2 heteroatoms. The lowest BCUT2D eigenvalue weighted by Gasteiger charge is -2.17. The van der Waals surface area contributed by atoms with E-state index in [1.54, 1.807) is 0 Å². The second-order valence-corrected chi connectivity index (χ2v) is 5.18. The summed E-state index contributed by atoms with van der Waals surface area (Å²) in [5, 5.41) is 0. The zero-order valence-electron chi connectivity index (χ0n) is 9.02. The van der Waals surface area contributed by atoms with E-state index < -0.39 is 0 Å². The van der Waals surface area contributed by atoms with E-state index in [1.807, 2.05) is 0 Å². The van der Waals surface area contributed by atoms with Gasteiger partial charge in [-0.15, -0.1) is 0 Å². The summed E-state index contributed by atoms with van der Waals surface area (Å²) in [6.07, 6.45) is 2.81. The third-order valence-corrected chi connectivity index (χ3v) is 3.33. The lowest BCUT2D eigenvalue weighted by molar-refractivity contribution is 0.410. The maximum absolute atomic E-state index is 5.60. The molecule has 2 atom stereocenters. The molecule has 0 radical (unpaired) electrons. The van der Waals surface area contributed by atoms with Gasteiger partial charge >= 0.3 is 0 Å². The van der Waals surface area contributed by atoms with Gasteiger partial charge in [0.1, 0.15) is 12.2 Å². The number of allylic oxidation sites excluding steroid dienone is 3. The molecule has 0 aromatic rings. The predicted octanol–water partition coefficient (Wildman–Crippen LogP) is 3.72. The summed E-state index contributed by atoms with van der Waals surface area (Å²) in [6, 6.07) is 0. The highest BCUT2D eigenvalue weighted by molar-refractivity contribution is 9.12. The summed E-state index contributed by atoms with van der Waals surface area (Å²) >= 11 is 3.62. The van der Waals surface area contributed by atoms with Gasteiger partial charge in [-0.2, -0.15) is 0 Å². The van der Waals surface area contributed by atoms with E-state index in [1.165, 1.54) is 26.8 Å². The molecule has 0 N–H and O–H groups in total. The van der Waals surface area contributed by atoms with Gasteiger partial charge < -0.3 is 4.74 Å². The van der Waals surface area contributed by atoms with Gasteiger partial charge in [-0.1, -0.05) is 27.1 Å². The summed E-state index contributed by atoms with van der Waals surface area (Å²) in [5.41, 5.74) is 5.42. The maximum atomic E-state index is 5.60. The van der Waals surface area contributed by atoms with E-state index in [9.17, 15) is 0 Å². The molecule has 0 unspecified atom stereocenters. The Kier molecular flexibility index (Phi) is 2.44. The molecule has 2 aliphatic rings. The van der Waals surface area contributed by atoms with Gasteiger partial charge in [0.25, 0.3) is 0 Å². The molecule has 76 valence electrons. The van der Waals surface area contributed by atoms with Crippen molar-refractivity contribution in [3.05, 3.63) is 32.9 Å². The molecule has 14 heavy (non-hydrogen) atoms. The van der Waals surface area contributed by atoms with E-state index in [0.29, 0.717) is 12.2 Å². The van der Waals surface area contributed by atoms with Crippen LogP contribution in [-0.4, -0.2) is 12.2 Å². The van der Waals surface area contributed by atoms with Crippen molar-refractivity contribution in [1.82, 2.24) is 0 Å². The van der Waals surface area contributed by atoms with E-state index in [0.717, 1.165) is 0 Å². The van der Waals surface area contributed by atoms with Crippen LogP contribution in [0, 0.1) is 0 Å². The number of hydrogen-bond donors (Lipinski definition) is 0. The first-order valence-electron chi connectivity index (χ1n) is 4.90. The zero-order chi connectivity index (χ0) is 10.5. The largest absolute Gasteiger partial charge is 0.360 e. The van der Waals surface area contributed by atoms with Gasteiger partial charge in [-0.25, -0.2) is 0 Å². The van der Waals surface area contributed by atoms with Crippen molar-refractivity contribution in [1.29, 1.82) is 0 Å². The first-order chi connectivity index (χ1) is 6.52. The number of fused-ring (bicyclic) bond motifs is 1. The van der Waals surface area contributed by atoms with Crippen molar-refractivity contribution in [2.45, 2.75) is 39.9 Å². The Morgan fingerprint density at radius 2 is 1.86 bits per heavy atom. The van der Waals surface area contributed by atoms with Crippen LogP contribution in [-0.2, 0) is 4.74 Å². The fraction of sp³-hybridized carbons (Fsp3) is 0.500. The molecule has 0 bridgehead atoms. The normalized spacial score (nSPS) is 29.6. The SMILES string of the molecule is CC(C)=C1C(Br)=C[C@H]2O[C@@H]2C1=C(C)C. The fourth-order valence-electron chi connectivity index (χ4n) is 2.02. The van der Waals surface area contributed by atoms with Crippen LogP contribution in [0.2, 0.25) is 0 Å². The maximum Gasteiger partial charge on any atom is 0.114 e. The van der Waals surface area contributed by atoms with Crippen LogP contribution in [0.5, 0.6) is 0 Å². The number of rotatable bonds is 0. The minimum atomic E-state index is 0.317. The summed E-state index contributed by atoms with van der Waals surface area (Å²) in [6.45, 7) is 8.61. The van der Waals surface area contributed by atoms with E-state index >= 15 is 0 Å². The predicted molar refractivity (Wildman–Crippen MR) is 62.4 cm³/mol. The standard InChI is InChI=1S/C12H15BrO/c1-6(2)10-8(13)5-9-12(14-9)11(10)7(3)4/h5,9,12H,1-4H3/t9-,12+/m1/s1. The smallest absolute Gasteiger partial charge is 0.114 e. The Morgan fingerprint density at radius 3 is 2.36 bits per heavy atom. The summed E-state index contributed by atoms with van der Waals surface area (Å²) < 4.78 is 6.79. The van der Waals surface area contributed by atoms with Crippen molar-refractivity contribution in [3.63, 3.8) is 0 Å². The Bertz CT molecular complexity index is 366. The molecule has 1 aliphatic heterocycles. The number of hydrogen-bond acceptors (Lipinski definition) is 1. The van der Waals surface area contributed by atoms with Crippen molar-refractivity contribution < 1.29 is 4.74 Å². The van der Waals surface area contributed by atoms with Gasteiger partial charge in [0.05, 0.1) is 0 Å². The average molecular weight is 255 g/mol. The molecule has 1 fully saturated rings. The highest BCUT2D eigenvalue weighted by Gasteiger charge is 2.45. The monoisotopic (exact) mass is 254 g/mol. The molecule has 1 aliphatic carbocycles. The highest BCUT2D eigenvalue weighted by atomic mass is 79.9. The molecule has 1 nitrogen and oxygen atoms in total. The van der Waals surface area contributed by atoms with Crippen LogP contribution in [0.1, 0.15) is 27.7 Å². The average Bonchev–Trinajstić information content (AvgIpc) is 2.78. The van der Waals surface area contributed by atoms with Crippen molar-refractivity contribution >= 4 is 15.9 Å².